The topological polar surface area (TPSA) is 0 Å². The maximum Gasteiger partial charge on any atom is -0.0115 e. The van der Waals surface area contributed by atoms with E-state index in [0.717, 1.165) is 5.92 Å². The summed E-state index contributed by atoms with van der Waals surface area (Å²) in [5, 5.41) is 0. The van der Waals surface area contributed by atoms with Crippen LogP contribution >= 0.6 is 0 Å². The second-order valence-corrected chi connectivity index (χ2v) is 3.70. The molecule has 0 unspecified atom stereocenters. The van der Waals surface area contributed by atoms with Gasteiger partial charge >= 0.3 is 0 Å². The molecule has 1 aliphatic rings. The van der Waals surface area contributed by atoms with Crippen molar-refractivity contribution in [1.29, 1.82) is 0 Å². The van der Waals surface area contributed by atoms with Gasteiger partial charge < -0.3 is 0 Å². The number of aryl methyl sites for hydroxylation is 1. The predicted octanol–water partition coefficient (Wildman–Crippen LogP) is 3.67. The standard InChI is InChI=1S/C13H14/c1-3-5-12-10(2)6-4-7-13(12)11-8-9-11/h4-7,11H,1,8-9H2,2H3. The molecule has 2 rings (SSSR count). The summed E-state index contributed by atoms with van der Waals surface area (Å²) in [7, 11) is 0. The normalized spacial score (nSPS) is 15.2. The Morgan fingerprint density at radius 1 is 1.46 bits per heavy atom. The van der Waals surface area contributed by atoms with Crippen molar-refractivity contribution in [3.8, 4) is 0 Å². The second-order valence-electron chi connectivity index (χ2n) is 3.70. The summed E-state index contributed by atoms with van der Waals surface area (Å²) in [6, 6.07) is 6.52. The second kappa shape index (κ2) is 3.24. The molecule has 0 atom stereocenters. The summed E-state index contributed by atoms with van der Waals surface area (Å²) in [5.41, 5.74) is 7.02. The zero-order valence-corrected chi connectivity index (χ0v) is 8.01. The first-order valence-electron chi connectivity index (χ1n) is 4.78. The van der Waals surface area contributed by atoms with Crippen molar-refractivity contribution < 1.29 is 0 Å². The molecular weight excluding hydrogens is 156 g/mol. The van der Waals surface area contributed by atoms with Gasteiger partial charge in [-0.3, -0.25) is 0 Å². The van der Waals surface area contributed by atoms with Gasteiger partial charge in [-0.05, 0) is 48.4 Å². The molecule has 0 aromatic heterocycles. The first kappa shape index (κ1) is 8.34. The molecule has 0 bridgehead atoms. The Morgan fingerprint density at radius 2 is 2.23 bits per heavy atom. The van der Waals surface area contributed by atoms with E-state index in [1.807, 2.05) is 6.08 Å². The predicted molar refractivity (Wildman–Crippen MR) is 56.8 cm³/mol. The molecule has 1 aromatic rings. The van der Waals surface area contributed by atoms with Crippen LogP contribution in [0.2, 0.25) is 0 Å². The SMILES string of the molecule is C=C=Cc1c(C)cccc1C1CC1. The highest BCUT2D eigenvalue weighted by molar-refractivity contribution is 5.58. The molecule has 0 radical (unpaired) electrons. The van der Waals surface area contributed by atoms with Crippen LogP contribution in [0.4, 0.5) is 0 Å². The van der Waals surface area contributed by atoms with Gasteiger partial charge in [-0.1, -0.05) is 24.8 Å². The summed E-state index contributed by atoms with van der Waals surface area (Å²) in [4.78, 5) is 0. The molecule has 0 amide bonds. The fraction of sp³-hybridized carbons (Fsp3) is 0.308. The molecular formula is C13H14. The highest BCUT2D eigenvalue weighted by Crippen LogP contribution is 2.42. The third-order valence-corrected chi connectivity index (χ3v) is 2.62. The summed E-state index contributed by atoms with van der Waals surface area (Å²) in [6.45, 7) is 5.79. The first-order valence-corrected chi connectivity index (χ1v) is 4.78. The fourth-order valence-corrected chi connectivity index (χ4v) is 1.75. The molecule has 0 spiro atoms. The van der Waals surface area contributed by atoms with Crippen LogP contribution in [-0.4, -0.2) is 0 Å². The Balaban J connectivity index is 2.52. The number of hydrogen-bond acceptors (Lipinski definition) is 0. The van der Waals surface area contributed by atoms with Gasteiger partial charge in [0.15, 0.2) is 0 Å². The van der Waals surface area contributed by atoms with Crippen molar-refractivity contribution in [3.63, 3.8) is 0 Å². The average molecular weight is 170 g/mol. The Kier molecular flexibility index (Phi) is 2.08. The van der Waals surface area contributed by atoms with E-state index in [9.17, 15) is 0 Å². The average Bonchev–Trinajstić information content (AvgIpc) is 2.92. The van der Waals surface area contributed by atoms with Gasteiger partial charge in [-0.15, -0.1) is 5.73 Å². The van der Waals surface area contributed by atoms with Gasteiger partial charge in [0.1, 0.15) is 0 Å². The van der Waals surface area contributed by atoms with Gasteiger partial charge in [0, 0.05) is 0 Å². The van der Waals surface area contributed by atoms with E-state index in [2.05, 4.69) is 37.4 Å². The van der Waals surface area contributed by atoms with Gasteiger partial charge in [0.05, 0.1) is 0 Å². The smallest absolute Gasteiger partial charge is 0.0115 e. The zero-order valence-electron chi connectivity index (χ0n) is 8.01. The molecule has 1 fully saturated rings. The van der Waals surface area contributed by atoms with E-state index in [-0.39, 0.29) is 0 Å². The fourth-order valence-electron chi connectivity index (χ4n) is 1.75. The van der Waals surface area contributed by atoms with Crippen LogP contribution in [0.3, 0.4) is 0 Å². The van der Waals surface area contributed by atoms with Crippen LogP contribution in [-0.2, 0) is 0 Å². The van der Waals surface area contributed by atoms with Crippen LogP contribution in [0.15, 0.2) is 30.5 Å². The molecule has 13 heavy (non-hydrogen) atoms. The minimum Gasteiger partial charge on any atom is -0.128 e. The van der Waals surface area contributed by atoms with Crippen molar-refractivity contribution >= 4 is 6.08 Å². The lowest BCUT2D eigenvalue weighted by atomic mass is 9.98. The number of hydrogen-bond donors (Lipinski definition) is 0. The van der Waals surface area contributed by atoms with Crippen LogP contribution in [0.25, 0.3) is 6.08 Å². The Labute approximate surface area is 79.6 Å². The Bertz CT molecular complexity index is 364. The van der Waals surface area contributed by atoms with E-state index in [4.69, 9.17) is 0 Å². The Morgan fingerprint density at radius 3 is 2.85 bits per heavy atom. The Hall–Kier alpha value is -1.26. The highest BCUT2D eigenvalue weighted by atomic mass is 14.3. The number of rotatable bonds is 2. The lowest BCUT2D eigenvalue weighted by Crippen LogP contribution is -1.88. The molecule has 1 aliphatic carbocycles. The molecule has 0 heteroatoms. The van der Waals surface area contributed by atoms with Crippen LogP contribution in [0.5, 0.6) is 0 Å². The van der Waals surface area contributed by atoms with E-state index >= 15 is 0 Å². The minimum atomic E-state index is 0.805. The molecule has 0 saturated heterocycles. The van der Waals surface area contributed by atoms with E-state index < -0.39 is 0 Å². The van der Waals surface area contributed by atoms with Crippen molar-refractivity contribution in [2.75, 3.05) is 0 Å². The monoisotopic (exact) mass is 170 g/mol. The summed E-state index contributed by atoms with van der Waals surface area (Å²) in [6.07, 6.45) is 4.70. The molecule has 0 aliphatic heterocycles. The van der Waals surface area contributed by atoms with Gasteiger partial charge in [0.25, 0.3) is 0 Å². The van der Waals surface area contributed by atoms with Crippen molar-refractivity contribution in [3.05, 3.63) is 47.2 Å². The lowest BCUT2D eigenvalue weighted by molar-refractivity contribution is 1.11. The van der Waals surface area contributed by atoms with Gasteiger partial charge in [0.2, 0.25) is 0 Å². The first-order chi connectivity index (χ1) is 6.33. The number of benzene rings is 1. The summed E-state index contributed by atoms with van der Waals surface area (Å²) >= 11 is 0. The van der Waals surface area contributed by atoms with E-state index in [0.29, 0.717) is 0 Å². The van der Waals surface area contributed by atoms with E-state index in [1.165, 1.54) is 29.5 Å². The van der Waals surface area contributed by atoms with Crippen LogP contribution in [0.1, 0.15) is 35.4 Å². The van der Waals surface area contributed by atoms with E-state index in [1.54, 1.807) is 0 Å². The van der Waals surface area contributed by atoms with Crippen molar-refractivity contribution in [2.24, 2.45) is 0 Å². The molecule has 0 nitrogen and oxygen atoms in total. The highest BCUT2D eigenvalue weighted by Gasteiger charge is 2.25. The maximum atomic E-state index is 3.64. The molecule has 66 valence electrons. The third kappa shape index (κ3) is 1.59. The van der Waals surface area contributed by atoms with Gasteiger partial charge in [-0.2, -0.15) is 0 Å². The van der Waals surface area contributed by atoms with Crippen LogP contribution in [0, 0.1) is 6.92 Å². The van der Waals surface area contributed by atoms with Gasteiger partial charge in [-0.25, -0.2) is 0 Å². The molecule has 0 N–H and O–H groups in total. The molecule has 1 aromatic carbocycles. The van der Waals surface area contributed by atoms with Crippen LogP contribution < -0.4 is 0 Å². The van der Waals surface area contributed by atoms with Crippen molar-refractivity contribution in [1.82, 2.24) is 0 Å². The summed E-state index contributed by atoms with van der Waals surface area (Å²) in [5.74, 6) is 0.805. The minimum absolute atomic E-state index is 0.805. The third-order valence-electron chi connectivity index (χ3n) is 2.62. The molecule has 0 heterocycles. The zero-order chi connectivity index (χ0) is 9.26. The lowest BCUT2D eigenvalue weighted by Gasteiger charge is -2.06. The quantitative estimate of drug-likeness (QED) is 0.594. The van der Waals surface area contributed by atoms with Crippen molar-refractivity contribution in [2.45, 2.75) is 25.7 Å². The molecule has 1 saturated carbocycles. The largest absolute Gasteiger partial charge is 0.128 e. The maximum absolute atomic E-state index is 3.64. The summed E-state index contributed by atoms with van der Waals surface area (Å²) < 4.78 is 0.